The molecule has 0 aromatic heterocycles. The van der Waals surface area contributed by atoms with Crippen molar-refractivity contribution in [3.8, 4) is 11.1 Å². The first-order valence-electron chi connectivity index (χ1n) is 8.00. The van der Waals surface area contributed by atoms with Gasteiger partial charge in [0.25, 0.3) is 0 Å². The highest BCUT2D eigenvalue weighted by Gasteiger charge is 2.24. The summed E-state index contributed by atoms with van der Waals surface area (Å²) in [6.45, 7) is 2.21. The average molecular weight is 315 g/mol. The second-order valence-corrected chi connectivity index (χ2v) is 6.36. The van der Waals surface area contributed by atoms with E-state index in [0.717, 1.165) is 19.5 Å². The fourth-order valence-corrected chi connectivity index (χ4v) is 3.85. The van der Waals surface area contributed by atoms with Crippen molar-refractivity contribution in [2.75, 3.05) is 13.1 Å². The van der Waals surface area contributed by atoms with Crippen molar-refractivity contribution in [3.63, 3.8) is 0 Å². The molecule has 1 saturated heterocycles. The summed E-state index contributed by atoms with van der Waals surface area (Å²) in [5.74, 6) is 0.619. The van der Waals surface area contributed by atoms with Crippen LogP contribution in [0.1, 0.15) is 35.6 Å². The molecule has 0 bridgehead atoms. The number of nitrogens with two attached hydrogens (primary N) is 1. The van der Waals surface area contributed by atoms with Crippen LogP contribution in [0.4, 0.5) is 0 Å². The highest BCUT2D eigenvalue weighted by atomic mass is 35.5. The quantitative estimate of drug-likeness (QED) is 0.757. The van der Waals surface area contributed by atoms with E-state index in [2.05, 4.69) is 47.8 Å². The van der Waals surface area contributed by atoms with E-state index >= 15 is 0 Å². The Morgan fingerprint density at radius 1 is 0.955 bits per heavy atom. The van der Waals surface area contributed by atoms with Gasteiger partial charge in [-0.1, -0.05) is 42.5 Å². The topological polar surface area (TPSA) is 38.0 Å². The third-order valence-electron chi connectivity index (χ3n) is 5.09. The normalized spacial score (nSPS) is 18.2. The standard InChI is InChI=1S/C19H22N2.ClH/c20-19(13-7-9-21-10-8-13)15-5-6-18-16(12-15)11-14-3-1-2-4-17(14)18;/h1-6,12-13,19,21H,7-11,20H2;1H/t19-;/m1./s1. The van der Waals surface area contributed by atoms with Gasteiger partial charge in [-0.2, -0.15) is 0 Å². The monoisotopic (exact) mass is 314 g/mol. The first-order chi connectivity index (χ1) is 10.3. The summed E-state index contributed by atoms with van der Waals surface area (Å²) >= 11 is 0. The van der Waals surface area contributed by atoms with Gasteiger partial charge in [-0.3, -0.25) is 0 Å². The third-order valence-corrected chi connectivity index (χ3v) is 5.09. The molecule has 0 amide bonds. The number of benzene rings is 2. The van der Waals surface area contributed by atoms with Gasteiger partial charge in [-0.05, 0) is 66.1 Å². The van der Waals surface area contributed by atoms with Crippen LogP contribution < -0.4 is 11.1 Å². The molecule has 0 spiro atoms. The Morgan fingerprint density at radius 2 is 1.68 bits per heavy atom. The zero-order valence-corrected chi connectivity index (χ0v) is 13.5. The molecule has 0 radical (unpaired) electrons. The highest BCUT2D eigenvalue weighted by Crippen LogP contribution is 2.38. The van der Waals surface area contributed by atoms with Crippen LogP contribution in [-0.2, 0) is 6.42 Å². The van der Waals surface area contributed by atoms with E-state index in [0.29, 0.717) is 5.92 Å². The van der Waals surface area contributed by atoms with Crippen LogP contribution in [0.3, 0.4) is 0 Å². The van der Waals surface area contributed by atoms with Crippen LogP contribution in [0, 0.1) is 5.92 Å². The fourth-order valence-electron chi connectivity index (χ4n) is 3.85. The molecule has 0 saturated carbocycles. The summed E-state index contributed by atoms with van der Waals surface area (Å²) in [6, 6.07) is 15.8. The molecule has 2 aliphatic rings. The second kappa shape index (κ2) is 6.41. The van der Waals surface area contributed by atoms with E-state index in [-0.39, 0.29) is 18.4 Å². The molecule has 2 nitrogen and oxygen atoms in total. The van der Waals surface area contributed by atoms with Gasteiger partial charge in [0.05, 0.1) is 0 Å². The Morgan fingerprint density at radius 3 is 2.50 bits per heavy atom. The number of rotatable bonds is 2. The van der Waals surface area contributed by atoms with Gasteiger partial charge in [-0.15, -0.1) is 12.4 Å². The number of hydrogen-bond donors (Lipinski definition) is 2. The molecule has 3 heteroatoms. The Labute approximate surface area is 138 Å². The van der Waals surface area contributed by atoms with Crippen LogP contribution in [-0.4, -0.2) is 13.1 Å². The predicted octanol–water partition coefficient (Wildman–Crippen LogP) is 3.68. The van der Waals surface area contributed by atoms with Crippen molar-refractivity contribution in [2.24, 2.45) is 11.7 Å². The SMILES string of the molecule is Cl.N[C@@H](c1ccc2c(c1)Cc1ccccc1-2)C1CCNCC1. The molecule has 116 valence electrons. The molecule has 4 rings (SSSR count). The second-order valence-electron chi connectivity index (χ2n) is 6.36. The van der Waals surface area contributed by atoms with Crippen LogP contribution in [0.5, 0.6) is 0 Å². The van der Waals surface area contributed by atoms with Crippen molar-refractivity contribution >= 4 is 12.4 Å². The number of fused-ring (bicyclic) bond motifs is 3. The summed E-state index contributed by atoms with van der Waals surface area (Å²) in [4.78, 5) is 0. The van der Waals surface area contributed by atoms with Crippen LogP contribution >= 0.6 is 12.4 Å². The van der Waals surface area contributed by atoms with E-state index in [1.165, 1.54) is 40.7 Å². The number of hydrogen-bond acceptors (Lipinski definition) is 2. The Hall–Kier alpha value is -1.35. The highest BCUT2D eigenvalue weighted by molar-refractivity contribution is 5.85. The minimum Gasteiger partial charge on any atom is -0.324 e. The van der Waals surface area contributed by atoms with Crippen LogP contribution in [0.25, 0.3) is 11.1 Å². The molecular weight excluding hydrogens is 292 g/mol. The molecular formula is C19H23ClN2. The zero-order valence-electron chi connectivity index (χ0n) is 12.7. The lowest BCUT2D eigenvalue weighted by atomic mass is 9.85. The lowest BCUT2D eigenvalue weighted by Crippen LogP contribution is -2.33. The van der Waals surface area contributed by atoms with E-state index < -0.39 is 0 Å². The van der Waals surface area contributed by atoms with Gasteiger partial charge in [0, 0.05) is 6.04 Å². The van der Waals surface area contributed by atoms with Gasteiger partial charge >= 0.3 is 0 Å². The molecule has 0 unspecified atom stereocenters. The fraction of sp³-hybridized carbons (Fsp3) is 0.368. The molecule has 1 atom stereocenters. The molecule has 2 aromatic carbocycles. The Bertz CT molecular complexity index is 662. The van der Waals surface area contributed by atoms with E-state index in [1.54, 1.807) is 0 Å². The van der Waals surface area contributed by atoms with E-state index in [9.17, 15) is 0 Å². The maximum absolute atomic E-state index is 6.54. The van der Waals surface area contributed by atoms with Crippen molar-refractivity contribution in [1.82, 2.24) is 5.32 Å². The Kier molecular flexibility index (Phi) is 4.53. The third kappa shape index (κ3) is 2.67. The molecule has 22 heavy (non-hydrogen) atoms. The van der Waals surface area contributed by atoms with Gasteiger partial charge < -0.3 is 11.1 Å². The molecule has 1 aliphatic carbocycles. The van der Waals surface area contributed by atoms with Crippen LogP contribution in [0.2, 0.25) is 0 Å². The number of nitrogens with one attached hydrogen (secondary N) is 1. The predicted molar refractivity (Wildman–Crippen MR) is 94.5 cm³/mol. The average Bonchev–Trinajstić information content (AvgIpc) is 2.92. The van der Waals surface area contributed by atoms with E-state index in [1.807, 2.05) is 0 Å². The first kappa shape index (κ1) is 15.5. The molecule has 1 heterocycles. The summed E-state index contributed by atoms with van der Waals surface area (Å²) in [7, 11) is 0. The smallest absolute Gasteiger partial charge is 0.0324 e. The summed E-state index contributed by atoms with van der Waals surface area (Å²) < 4.78 is 0. The van der Waals surface area contributed by atoms with Crippen molar-refractivity contribution in [3.05, 3.63) is 59.2 Å². The molecule has 2 aromatic rings. The number of piperidine rings is 1. The summed E-state index contributed by atoms with van der Waals surface area (Å²) in [6.07, 6.45) is 3.44. The Balaban J connectivity index is 0.00000144. The number of halogens is 1. The first-order valence-corrected chi connectivity index (χ1v) is 8.00. The van der Waals surface area contributed by atoms with Gasteiger partial charge in [0.1, 0.15) is 0 Å². The molecule has 1 fully saturated rings. The summed E-state index contributed by atoms with van der Waals surface area (Å²) in [5.41, 5.74) is 13.5. The van der Waals surface area contributed by atoms with Crippen molar-refractivity contribution in [1.29, 1.82) is 0 Å². The van der Waals surface area contributed by atoms with Gasteiger partial charge in [0.15, 0.2) is 0 Å². The molecule has 1 aliphatic heterocycles. The summed E-state index contributed by atoms with van der Waals surface area (Å²) in [5, 5.41) is 3.42. The lowest BCUT2D eigenvalue weighted by molar-refractivity contribution is 0.322. The molecule has 3 N–H and O–H groups in total. The van der Waals surface area contributed by atoms with Crippen molar-refractivity contribution < 1.29 is 0 Å². The maximum Gasteiger partial charge on any atom is 0.0324 e. The maximum atomic E-state index is 6.54. The largest absolute Gasteiger partial charge is 0.324 e. The van der Waals surface area contributed by atoms with Gasteiger partial charge in [0.2, 0.25) is 0 Å². The lowest BCUT2D eigenvalue weighted by Gasteiger charge is -2.28. The minimum atomic E-state index is 0. The van der Waals surface area contributed by atoms with E-state index in [4.69, 9.17) is 5.73 Å². The van der Waals surface area contributed by atoms with Crippen molar-refractivity contribution in [2.45, 2.75) is 25.3 Å². The van der Waals surface area contributed by atoms with Crippen LogP contribution in [0.15, 0.2) is 42.5 Å². The minimum absolute atomic E-state index is 0. The van der Waals surface area contributed by atoms with Gasteiger partial charge in [-0.25, -0.2) is 0 Å². The zero-order chi connectivity index (χ0) is 14.2.